The molecule has 0 fully saturated rings. The van der Waals surface area contributed by atoms with Crippen LogP contribution in [0.25, 0.3) is 0 Å². The molecule has 1 unspecified atom stereocenters. The Labute approximate surface area is 95.8 Å². The van der Waals surface area contributed by atoms with Gasteiger partial charge in [0.05, 0.1) is 6.42 Å². The Bertz CT molecular complexity index is 362. The highest BCUT2D eigenvalue weighted by Crippen LogP contribution is 2.22. The maximum absolute atomic E-state index is 11.9. The van der Waals surface area contributed by atoms with Crippen LogP contribution in [0, 0.1) is 0 Å². The van der Waals surface area contributed by atoms with Gasteiger partial charge in [-0.05, 0) is 5.56 Å². The number of aliphatic hydroxyl groups excluding tert-OH is 1. The summed E-state index contributed by atoms with van der Waals surface area (Å²) in [6.07, 6.45) is -8.36. The van der Waals surface area contributed by atoms with E-state index in [1.54, 1.807) is 30.3 Å². The van der Waals surface area contributed by atoms with E-state index in [9.17, 15) is 18.0 Å². The molecule has 1 aromatic rings. The average molecular weight is 248 g/mol. The number of rotatable bonds is 4. The molecule has 0 heterocycles. The molecule has 0 aliphatic heterocycles. The Morgan fingerprint density at radius 1 is 1.29 bits per heavy atom. The monoisotopic (exact) mass is 248 g/mol. The summed E-state index contributed by atoms with van der Waals surface area (Å²) in [4.78, 5) is 11.0. The second-order valence-corrected chi connectivity index (χ2v) is 3.43. The van der Waals surface area contributed by atoms with Gasteiger partial charge in [-0.3, -0.25) is 0 Å². The van der Waals surface area contributed by atoms with Crippen molar-refractivity contribution in [1.82, 2.24) is 0 Å². The van der Waals surface area contributed by atoms with Gasteiger partial charge in [0.15, 0.2) is 6.10 Å². The fourth-order valence-electron chi connectivity index (χ4n) is 1.13. The van der Waals surface area contributed by atoms with Crippen LogP contribution in [0.2, 0.25) is 0 Å². The third kappa shape index (κ3) is 5.35. The Hall–Kier alpha value is -1.56. The zero-order chi connectivity index (χ0) is 12.9. The fourth-order valence-corrected chi connectivity index (χ4v) is 1.13. The van der Waals surface area contributed by atoms with E-state index in [2.05, 4.69) is 4.74 Å². The predicted molar refractivity (Wildman–Crippen MR) is 52.9 cm³/mol. The van der Waals surface area contributed by atoms with E-state index >= 15 is 0 Å². The summed E-state index contributed by atoms with van der Waals surface area (Å²) >= 11 is 0. The SMILES string of the molecule is O=C(OCc1ccccc1)C(O)CC(F)(F)F. The summed E-state index contributed by atoms with van der Waals surface area (Å²) in [5.41, 5.74) is 0.639. The molecule has 0 aliphatic rings. The summed E-state index contributed by atoms with van der Waals surface area (Å²) in [7, 11) is 0. The molecule has 3 nitrogen and oxygen atoms in total. The van der Waals surface area contributed by atoms with Crippen molar-refractivity contribution >= 4 is 5.97 Å². The average Bonchev–Trinajstić information content (AvgIpc) is 2.25. The molecule has 94 valence electrons. The third-order valence-electron chi connectivity index (χ3n) is 1.92. The van der Waals surface area contributed by atoms with Crippen LogP contribution in [0.5, 0.6) is 0 Å². The first-order valence-corrected chi connectivity index (χ1v) is 4.84. The van der Waals surface area contributed by atoms with Gasteiger partial charge < -0.3 is 9.84 Å². The van der Waals surface area contributed by atoms with Crippen molar-refractivity contribution in [2.24, 2.45) is 0 Å². The van der Waals surface area contributed by atoms with E-state index in [0.717, 1.165) is 0 Å². The molecule has 1 N–H and O–H groups in total. The van der Waals surface area contributed by atoms with Gasteiger partial charge >= 0.3 is 12.1 Å². The van der Waals surface area contributed by atoms with E-state index < -0.39 is 24.7 Å². The van der Waals surface area contributed by atoms with Crippen LogP contribution in [0.15, 0.2) is 30.3 Å². The number of hydrogen-bond acceptors (Lipinski definition) is 3. The molecule has 1 rings (SSSR count). The Kier molecular flexibility index (Phi) is 4.51. The number of benzene rings is 1. The highest BCUT2D eigenvalue weighted by Gasteiger charge is 2.35. The minimum absolute atomic E-state index is 0.158. The number of halogens is 3. The molecule has 0 spiro atoms. The van der Waals surface area contributed by atoms with Crippen LogP contribution >= 0.6 is 0 Å². The Morgan fingerprint density at radius 2 is 1.88 bits per heavy atom. The van der Waals surface area contributed by atoms with Gasteiger partial charge in [-0.15, -0.1) is 0 Å². The normalized spacial score (nSPS) is 13.2. The number of carbonyl (C=O) groups is 1. The maximum atomic E-state index is 11.9. The van der Waals surface area contributed by atoms with Gasteiger partial charge in [0, 0.05) is 0 Å². The molecule has 1 atom stereocenters. The molecule has 0 amide bonds. The summed E-state index contributed by atoms with van der Waals surface area (Å²) in [5, 5.41) is 8.94. The van der Waals surface area contributed by atoms with E-state index in [0.29, 0.717) is 5.56 Å². The van der Waals surface area contributed by atoms with Crippen molar-refractivity contribution < 1.29 is 27.8 Å². The zero-order valence-corrected chi connectivity index (χ0v) is 8.78. The first kappa shape index (κ1) is 13.5. The van der Waals surface area contributed by atoms with Gasteiger partial charge in [0.25, 0.3) is 0 Å². The van der Waals surface area contributed by atoms with Gasteiger partial charge in [0.2, 0.25) is 0 Å². The summed E-state index contributed by atoms with van der Waals surface area (Å²) in [6.45, 7) is -0.158. The molecule has 1 aromatic carbocycles. The molecule has 17 heavy (non-hydrogen) atoms. The van der Waals surface area contributed by atoms with E-state index in [1.165, 1.54) is 0 Å². The second kappa shape index (κ2) is 5.67. The molecule has 0 saturated heterocycles. The van der Waals surface area contributed by atoms with Gasteiger partial charge in [-0.25, -0.2) is 4.79 Å². The molecular formula is C11H11F3O3. The minimum atomic E-state index is -4.59. The number of alkyl halides is 3. The van der Waals surface area contributed by atoms with E-state index in [1.807, 2.05) is 0 Å². The lowest BCUT2D eigenvalue weighted by atomic mass is 10.2. The van der Waals surface area contributed by atoms with Crippen molar-refractivity contribution in [2.75, 3.05) is 0 Å². The zero-order valence-electron chi connectivity index (χ0n) is 8.78. The van der Waals surface area contributed by atoms with Crippen molar-refractivity contribution in [3.8, 4) is 0 Å². The van der Waals surface area contributed by atoms with Crippen LogP contribution in [0.3, 0.4) is 0 Å². The smallest absolute Gasteiger partial charge is 0.392 e. The Morgan fingerprint density at radius 3 is 2.41 bits per heavy atom. The highest BCUT2D eigenvalue weighted by molar-refractivity contribution is 5.74. The van der Waals surface area contributed by atoms with Crippen LogP contribution in [-0.2, 0) is 16.1 Å². The quantitative estimate of drug-likeness (QED) is 0.829. The van der Waals surface area contributed by atoms with Crippen LogP contribution < -0.4 is 0 Å². The first-order chi connectivity index (χ1) is 7.88. The lowest BCUT2D eigenvalue weighted by molar-refractivity contribution is -0.177. The van der Waals surface area contributed by atoms with Crippen molar-refractivity contribution in [3.05, 3.63) is 35.9 Å². The van der Waals surface area contributed by atoms with E-state index in [4.69, 9.17) is 5.11 Å². The van der Waals surface area contributed by atoms with Crippen LogP contribution in [-0.4, -0.2) is 23.4 Å². The summed E-state index contributed by atoms with van der Waals surface area (Å²) in [5.74, 6) is -1.27. The molecule has 0 bridgehead atoms. The lowest BCUT2D eigenvalue weighted by Crippen LogP contribution is -2.28. The molecule has 6 heteroatoms. The van der Waals surface area contributed by atoms with Gasteiger partial charge in [-0.2, -0.15) is 13.2 Å². The Balaban J connectivity index is 2.40. The second-order valence-electron chi connectivity index (χ2n) is 3.43. The lowest BCUT2D eigenvalue weighted by Gasteiger charge is -2.12. The number of aliphatic hydroxyl groups is 1. The molecule has 0 radical (unpaired) electrons. The summed E-state index contributed by atoms with van der Waals surface area (Å²) < 4.78 is 40.1. The van der Waals surface area contributed by atoms with Gasteiger partial charge in [0.1, 0.15) is 6.61 Å². The maximum Gasteiger partial charge on any atom is 0.392 e. The topological polar surface area (TPSA) is 46.5 Å². The summed E-state index contributed by atoms with van der Waals surface area (Å²) in [6, 6.07) is 8.47. The largest absolute Gasteiger partial charge is 0.459 e. The van der Waals surface area contributed by atoms with Gasteiger partial charge in [-0.1, -0.05) is 30.3 Å². The molecule has 0 saturated carbocycles. The standard InChI is InChI=1S/C11H11F3O3/c12-11(13,14)6-9(15)10(16)17-7-8-4-2-1-3-5-8/h1-5,9,15H,6-7H2. The molecular weight excluding hydrogens is 237 g/mol. The van der Waals surface area contributed by atoms with Crippen LogP contribution in [0.1, 0.15) is 12.0 Å². The number of hydrogen-bond donors (Lipinski definition) is 1. The van der Waals surface area contributed by atoms with E-state index in [-0.39, 0.29) is 6.61 Å². The third-order valence-corrected chi connectivity index (χ3v) is 1.92. The number of carbonyl (C=O) groups excluding carboxylic acids is 1. The molecule has 0 aliphatic carbocycles. The van der Waals surface area contributed by atoms with Crippen molar-refractivity contribution in [3.63, 3.8) is 0 Å². The predicted octanol–water partition coefficient (Wildman–Crippen LogP) is 2.04. The van der Waals surface area contributed by atoms with Crippen molar-refractivity contribution in [1.29, 1.82) is 0 Å². The highest BCUT2D eigenvalue weighted by atomic mass is 19.4. The number of esters is 1. The van der Waals surface area contributed by atoms with Crippen LogP contribution in [0.4, 0.5) is 13.2 Å². The first-order valence-electron chi connectivity index (χ1n) is 4.84. The minimum Gasteiger partial charge on any atom is -0.459 e. The molecule has 0 aromatic heterocycles. The van der Waals surface area contributed by atoms with Crippen molar-refractivity contribution in [2.45, 2.75) is 25.3 Å². The number of ether oxygens (including phenoxy) is 1. The fraction of sp³-hybridized carbons (Fsp3) is 0.364.